The topological polar surface area (TPSA) is 110 Å². The largest absolute Gasteiger partial charge is 0.351 e. The van der Waals surface area contributed by atoms with Crippen molar-refractivity contribution in [1.82, 2.24) is 20.2 Å². The summed E-state index contributed by atoms with van der Waals surface area (Å²) in [7, 11) is 0. The molecule has 2 N–H and O–H groups in total. The zero-order valence-corrected chi connectivity index (χ0v) is 17.5. The molecule has 2 atom stereocenters. The third-order valence-electron chi connectivity index (χ3n) is 5.79. The van der Waals surface area contributed by atoms with Gasteiger partial charge in [0.25, 0.3) is 5.56 Å². The molecule has 2 unspecified atom stereocenters. The van der Waals surface area contributed by atoms with Crippen LogP contribution in [0.15, 0.2) is 46.8 Å². The van der Waals surface area contributed by atoms with E-state index in [4.69, 9.17) is 0 Å². The standard InChI is InChI=1S/C23H24N4O4/c1-13-6-8-15(9-7-13)21(29)24-12-16-4-3-5-17-20(16)23(31)27(14(2)25-17)18-10-11-19(28)26-22(18)30/h3-8,15,18H,9-12H2,1-2H3,(H,24,29)(H,26,28,30). The summed E-state index contributed by atoms with van der Waals surface area (Å²) in [5, 5.41) is 5.57. The quantitative estimate of drug-likeness (QED) is 0.733. The molecule has 2 aliphatic rings. The molecule has 2 aromatic rings. The number of carbonyl (C=O) groups is 3. The Labute approximate surface area is 179 Å². The number of benzene rings is 1. The van der Waals surface area contributed by atoms with Crippen molar-refractivity contribution < 1.29 is 14.4 Å². The van der Waals surface area contributed by atoms with E-state index in [1.165, 1.54) is 4.57 Å². The van der Waals surface area contributed by atoms with Crippen LogP contribution in [-0.2, 0) is 20.9 Å². The number of aryl methyl sites for hydroxylation is 1. The first-order valence-corrected chi connectivity index (χ1v) is 10.3. The van der Waals surface area contributed by atoms with E-state index < -0.39 is 11.9 Å². The first kappa shape index (κ1) is 20.7. The Morgan fingerprint density at radius 2 is 2.06 bits per heavy atom. The van der Waals surface area contributed by atoms with Crippen LogP contribution in [0.25, 0.3) is 10.9 Å². The highest BCUT2D eigenvalue weighted by Crippen LogP contribution is 2.22. The molecule has 8 nitrogen and oxygen atoms in total. The van der Waals surface area contributed by atoms with E-state index in [0.717, 1.165) is 5.57 Å². The molecule has 1 aromatic heterocycles. The average molecular weight is 420 g/mol. The monoisotopic (exact) mass is 420 g/mol. The van der Waals surface area contributed by atoms with Crippen molar-refractivity contribution in [2.75, 3.05) is 0 Å². The Bertz CT molecular complexity index is 1210. The van der Waals surface area contributed by atoms with Gasteiger partial charge in [0.2, 0.25) is 17.7 Å². The fraction of sp³-hybridized carbons (Fsp3) is 0.348. The number of piperidine rings is 1. The summed E-state index contributed by atoms with van der Waals surface area (Å²) >= 11 is 0. The Balaban J connectivity index is 1.65. The number of amides is 3. The highest BCUT2D eigenvalue weighted by Gasteiger charge is 2.30. The molecule has 1 fully saturated rings. The normalized spacial score (nSPS) is 21.0. The number of carbonyl (C=O) groups excluding carboxylic acids is 3. The second-order valence-electron chi connectivity index (χ2n) is 7.98. The number of hydrogen-bond acceptors (Lipinski definition) is 5. The van der Waals surface area contributed by atoms with Gasteiger partial charge >= 0.3 is 0 Å². The molecule has 160 valence electrons. The average Bonchev–Trinajstić information content (AvgIpc) is 2.73. The molecule has 0 bridgehead atoms. The van der Waals surface area contributed by atoms with Crippen LogP contribution < -0.4 is 16.2 Å². The van der Waals surface area contributed by atoms with Gasteiger partial charge in [0.05, 0.1) is 16.8 Å². The predicted molar refractivity (Wildman–Crippen MR) is 115 cm³/mol. The van der Waals surface area contributed by atoms with Crippen LogP contribution >= 0.6 is 0 Å². The van der Waals surface area contributed by atoms with Gasteiger partial charge in [-0.25, -0.2) is 4.98 Å². The molecule has 0 spiro atoms. The number of rotatable bonds is 4. The Hall–Kier alpha value is -3.55. The number of nitrogens with zero attached hydrogens (tertiary/aromatic N) is 2. The number of imide groups is 1. The molecule has 1 aromatic carbocycles. The SMILES string of the molecule is CC1=CCC(C(=O)NCc2cccc3nc(C)n(C4CCC(=O)NC4=O)c(=O)c23)C=C1. The third kappa shape index (κ3) is 4.05. The van der Waals surface area contributed by atoms with Crippen LogP contribution in [0.3, 0.4) is 0 Å². The van der Waals surface area contributed by atoms with Gasteiger partial charge in [0.1, 0.15) is 11.9 Å². The summed E-state index contributed by atoms with van der Waals surface area (Å²) in [5.74, 6) is -0.781. The summed E-state index contributed by atoms with van der Waals surface area (Å²) in [6, 6.07) is 4.52. The molecule has 1 aliphatic heterocycles. The Morgan fingerprint density at radius 3 is 2.77 bits per heavy atom. The molecule has 4 rings (SSSR count). The van der Waals surface area contributed by atoms with Gasteiger partial charge in [-0.15, -0.1) is 0 Å². The van der Waals surface area contributed by atoms with Gasteiger partial charge in [-0.2, -0.15) is 0 Å². The zero-order chi connectivity index (χ0) is 22.1. The summed E-state index contributed by atoms with van der Waals surface area (Å²) in [4.78, 5) is 54.3. The molecule has 0 saturated carbocycles. The Morgan fingerprint density at radius 1 is 1.26 bits per heavy atom. The van der Waals surface area contributed by atoms with Gasteiger partial charge in [-0.3, -0.25) is 29.1 Å². The van der Waals surface area contributed by atoms with Crippen molar-refractivity contribution in [2.24, 2.45) is 5.92 Å². The smallest absolute Gasteiger partial charge is 0.262 e. The van der Waals surface area contributed by atoms with E-state index in [1.807, 2.05) is 25.2 Å². The number of aromatic nitrogens is 2. The van der Waals surface area contributed by atoms with Gasteiger partial charge < -0.3 is 5.32 Å². The third-order valence-corrected chi connectivity index (χ3v) is 5.79. The molecule has 2 heterocycles. The minimum absolute atomic E-state index is 0.109. The second kappa shape index (κ2) is 8.29. The van der Waals surface area contributed by atoms with Crippen molar-refractivity contribution in [2.45, 2.75) is 45.7 Å². The number of allylic oxidation sites excluding steroid dienone is 3. The van der Waals surface area contributed by atoms with E-state index in [0.29, 0.717) is 28.7 Å². The van der Waals surface area contributed by atoms with Crippen molar-refractivity contribution in [3.63, 3.8) is 0 Å². The lowest BCUT2D eigenvalue weighted by atomic mass is 9.96. The lowest BCUT2D eigenvalue weighted by Crippen LogP contribution is -2.45. The van der Waals surface area contributed by atoms with E-state index in [9.17, 15) is 19.2 Å². The van der Waals surface area contributed by atoms with E-state index in [2.05, 4.69) is 15.6 Å². The van der Waals surface area contributed by atoms with Crippen LogP contribution in [0.2, 0.25) is 0 Å². The maximum Gasteiger partial charge on any atom is 0.262 e. The van der Waals surface area contributed by atoms with Crippen molar-refractivity contribution in [3.8, 4) is 0 Å². The minimum atomic E-state index is -0.785. The van der Waals surface area contributed by atoms with Gasteiger partial charge in [0, 0.05) is 13.0 Å². The molecule has 8 heteroatoms. The van der Waals surface area contributed by atoms with Crippen LogP contribution in [0, 0.1) is 12.8 Å². The molecule has 1 aliphatic carbocycles. The summed E-state index contributed by atoms with van der Waals surface area (Å²) < 4.78 is 1.35. The van der Waals surface area contributed by atoms with E-state index in [-0.39, 0.29) is 42.7 Å². The predicted octanol–water partition coefficient (Wildman–Crippen LogP) is 1.82. The summed E-state index contributed by atoms with van der Waals surface area (Å²) in [5.41, 5.74) is 1.93. The fourth-order valence-electron chi connectivity index (χ4n) is 4.10. The lowest BCUT2D eigenvalue weighted by molar-refractivity contribution is -0.135. The van der Waals surface area contributed by atoms with Crippen LogP contribution in [0.1, 0.15) is 43.6 Å². The zero-order valence-electron chi connectivity index (χ0n) is 17.5. The Kier molecular flexibility index (Phi) is 5.54. The van der Waals surface area contributed by atoms with Crippen molar-refractivity contribution in [3.05, 3.63) is 63.7 Å². The van der Waals surface area contributed by atoms with Crippen molar-refractivity contribution >= 4 is 28.6 Å². The van der Waals surface area contributed by atoms with Gasteiger partial charge in [-0.1, -0.05) is 35.9 Å². The highest BCUT2D eigenvalue weighted by molar-refractivity contribution is 5.99. The minimum Gasteiger partial charge on any atom is -0.351 e. The first-order valence-electron chi connectivity index (χ1n) is 10.3. The molecular formula is C23H24N4O4. The molecular weight excluding hydrogens is 396 g/mol. The highest BCUT2D eigenvalue weighted by atomic mass is 16.2. The van der Waals surface area contributed by atoms with Crippen LogP contribution in [0.4, 0.5) is 0 Å². The maximum atomic E-state index is 13.4. The molecule has 0 radical (unpaired) electrons. The van der Waals surface area contributed by atoms with Crippen LogP contribution in [-0.4, -0.2) is 27.3 Å². The molecule has 1 saturated heterocycles. The van der Waals surface area contributed by atoms with Crippen LogP contribution in [0.5, 0.6) is 0 Å². The second-order valence-corrected chi connectivity index (χ2v) is 7.98. The fourth-order valence-corrected chi connectivity index (χ4v) is 4.10. The van der Waals surface area contributed by atoms with Crippen molar-refractivity contribution in [1.29, 1.82) is 0 Å². The number of nitrogens with one attached hydrogen (secondary N) is 2. The van der Waals surface area contributed by atoms with E-state index in [1.54, 1.807) is 25.1 Å². The molecule has 31 heavy (non-hydrogen) atoms. The lowest BCUT2D eigenvalue weighted by Gasteiger charge is -2.24. The first-order chi connectivity index (χ1) is 14.8. The maximum absolute atomic E-state index is 13.4. The number of fused-ring (bicyclic) bond motifs is 1. The van der Waals surface area contributed by atoms with E-state index >= 15 is 0 Å². The van der Waals surface area contributed by atoms with Gasteiger partial charge in [0.15, 0.2) is 0 Å². The summed E-state index contributed by atoms with van der Waals surface area (Å²) in [6.45, 7) is 3.84. The number of hydrogen-bond donors (Lipinski definition) is 2. The summed E-state index contributed by atoms with van der Waals surface area (Å²) in [6.07, 6.45) is 6.89. The van der Waals surface area contributed by atoms with Gasteiger partial charge in [-0.05, 0) is 38.3 Å². The molecule has 3 amide bonds.